The third-order valence-electron chi connectivity index (χ3n) is 3.24. The SMILES string of the molecule is COc1ccc(NC(=O)C[NH+](C)Cc2ccc(Cl)s2)c([N+](=O)[O-])c1. The van der Waals surface area contributed by atoms with Crippen LogP contribution in [0.4, 0.5) is 11.4 Å². The molecule has 1 aromatic carbocycles. The minimum atomic E-state index is -0.553. The van der Waals surface area contributed by atoms with Crippen molar-refractivity contribution in [3.05, 3.63) is 49.7 Å². The van der Waals surface area contributed by atoms with Gasteiger partial charge in [0, 0.05) is 0 Å². The molecule has 2 aromatic rings. The number of ether oxygens (including phenoxy) is 1. The topological polar surface area (TPSA) is 85.9 Å². The summed E-state index contributed by atoms with van der Waals surface area (Å²) in [5.41, 5.74) is -0.0526. The number of anilines is 1. The van der Waals surface area contributed by atoms with E-state index in [0.717, 1.165) is 9.78 Å². The molecule has 9 heteroatoms. The summed E-state index contributed by atoms with van der Waals surface area (Å²) >= 11 is 7.35. The van der Waals surface area contributed by atoms with Crippen molar-refractivity contribution in [1.29, 1.82) is 0 Å². The molecule has 0 bridgehead atoms. The second kappa shape index (κ2) is 8.09. The number of rotatable bonds is 7. The largest absolute Gasteiger partial charge is 0.496 e. The van der Waals surface area contributed by atoms with Gasteiger partial charge in [0.2, 0.25) is 0 Å². The molecule has 1 heterocycles. The average molecular weight is 371 g/mol. The maximum Gasteiger partial charge on any atom is 0.296 e. The Bertz CT molecular complexity index is 750. The predicted octanol–water partition coefficient (Wildman–Crippen LogP) is 1.97. The van der Waals surface area contributed by atoms with Crippen molar-refractivity contribution < 1.29 is 19.4 Å². The van der Waals surface area contributed by atoms with Crippen LogP contribution in [0.15, 0.2) is 30.3 Å². The lowest BCUT2D eigenvalue weighted by atomic mass is 10.2. The highest BCUT2D eigenvalue weighted by atomic mass is 35.5. The number of hydrogen-bond donors (Lipinski definition) is 2. The zero-order valence-electron chi connectivity index (χ0n) is 13.2. The fourth-order valence-electron chi connectivity index (χ4n) is 2.17. The van der Waals surface area contributed by atoms with Gasteiger partial charge in [0.1, 0.15) is 18.0 Å². The molecule has 0 spiro atoms. The quantitative estimate of drug-likeness (QED) is 0.576. The molecule has 0 aliphatic carbocycles. The summed E-state index contributed by atoms with van der Waals surface area (Å²) in [6.07, 6.45) is 0. The summed E-state index contributed by atoms with van der Waals surface area (Å²) in [5.74, 6) is 0.0560. The summed E-state index contributed by atoms with van der Waals surface area (Å²) in [6, 6.07) is 8.04. The summed E-state index contributed by atoms with van der Waals surface area (Å²) < 4.78 is 5.67. The van der Waals surface area contributed by atoms with Gasteiger partial charge in [0.25, 0.3) is 11.6 Å². The zero-order valence-corrected chi connectivity index (χ0v) is 14.7. The summed E-state index contributed by atoms with van der Waals surface area (Å²) in [7, 11) is 3.29. The van der Waals surface area contributed by atoms with E-state index < -0.39 is 4.92 Å². The van der Waals surface area contributed by atoms with Gasteiger partial charge in [-0.2, -0.15) is 0 Å². The van der Waals surface area contributed by atoms with E-state index in [1.165, 1.54) is 30.6 Å². The Morgan fingerprint density at radius 2 is 2.17 bits per heavy atom. The van der Waals surface area contributed by atoms with E-state index in [-0.39, 0.29) is 23.8 Å². The number of nitrogens with zero attached hydrogens (tertiary/aromatic N) is 1. The minimum absolute atomic E-state index is 0.151. The maximum absolute atomic E-state index is 12.1. The number of nitrogens with one attached hydrogen (secondary N) is 2. The molecule has 1 amide bonds. The van der Waals surface area contributed by atoms with Crippen molar-refractivity contribution in [1.82, 2.24) is 0 Å². The number of amides is 1. The van der Waals surface area contributed by atoms with Crippen LogP contribution in [0.3, 0.4) is 0 Å². The molecule has 1 unspecified atom stereocenters. The molecule has 0 saturated carbocycles. The first kappa shape index (κ1) is 18.2. The fraction of sp³-hybridized carbons (Fsp3) is 0.267. The van der Waals surface area contributed by atoms with Gasteiger partial charge in [-0.3, -0.25) is 14.9 Å². The van der Waals surface area contributed by atoms with Gasteiger partial charge >= 0.3 is 0 Å². The molecule has 7 nitrogen and oxygen atoms in total. The normalized spacial score (nSPS) is 11.8. The summed E-state index contributed by atoms with van der Waals surface area (Å²) in [6.45, 7) is 0.828. The number of halogens is 1. The number of nitro groups is 1. The fourth-order valence-corrected chi connectivity index (χ4v) is 3.37. The average Bonchev–Trinajstić information content (AvgIpc) is 2.92. The standard InChI is InChI=1S/C15H16ClN3O4S/c1-18(8-11-4-6-14(16)24-11)9-15(20)17-12-5-3-10(23-2)7-13(12)19(21)22/h3-7H,8-9H2,1-2H3,(H,17,20)/p+1. The Balaban J connectivity index is 2.00. The van der Waals surface area contributed by atoms with Crippen LogP contribution in [0.2, 0.25) is 4.34 Å². The zero-order chi connectivity index (χ0) is 17.7. The Morgan fingerprint density at radius 3 is 2.75 bits per heavy atom. The van der Waals surface area contributed by atoms with Crippen LogP contribution in [-0.4, -0.2) is 31.5 Å². The van der Waals surface area contributed by atoms with Crippen LogP contribution in [-0.2, 0) is 11.3 Å². The highest BCUT2D eigenvalue weighted by molar-refractivity contribution is 7.16. The van der Waals surface area contributed by atoms with Crippen molar-refractivity contribution in [2.24, 2.45) is 0 Å². The van der Waals surface area contributed by atoms with E-state index >= 15 is 0 Å². The minimum Gasteiger partial charge on any atom is -0.496 e. The Morgan fingerprint density at radius 1 is 1.42 bits per heavy atom. The van der Waals surface area contributed by atoms with Crippen LogP contribution in [0.5, 0.6) is 5.75 Å². The van der Waals surface area contributed by atoms with E-state index in [4.69, 9.17) is 16.3 Å². The molecule has 0 saturated heterocycles. The first-order valence-electron chi connectivity index (χ1n) is 7.07. The van der Waals surface area contributed by atoms with E-state index in [9.17, 15) is 14.9 Å². The van der Waals surface area contributed by atoms with Gasteiger partial charge in [-0.15, -0.1) is 11.3 Å². The van der Waals surface area contributed by atoms with Gasteiger partial charge in [-0.05, 0) is 24.3 Å². The van der Waals surface area contributed by atoms with Gasteiger partial charge in [0.15, 0.2) is 6.54 Å². The molecule has 0 fully saturated rings. The highest BCUT2D eigenvalue weighted by Gasteiger charge is 2.19. The molecule has 2 rings (SSSR count). The lowest BCUT2D eigenvalue weighted by Crippen LogP contribution is -3.08. The van der Waals surface area contributed by atoms with Crippen LogP contribution in [0, 0.1) is 10.1 Å². The number of likely N-dealkylation sites (N-methyl/N-ethyl adjacent to an activating group) is 1. The van der Waals surface area contributed by atoms with Crippen molar-refractivity contribution >= 4 is 40.2 Å². The van der Waals surface area contributed by atoms with Gasteiger partial charge in [0.05, 0.1) is 34.4 Å². The van der Waals surface area contributed by atoms with Crippen LogP contribution in [0.1, 0.15) is 4.88 Å². The number of nitro benzene ring substituents is 1. The number of benzene rings is 1. The number of hydrogen-bond acceptors (Lipinski definition) is 5. The lowest BCUT2D eigenvalue weighted by Gasteiger charge is -2.13. The molecule has 0 aliphatic heterocycles. The van der Waals surface area contributed by atoms with Gasteiger partial charge in [-0.1, -0.05) is 11.6 Å². The Hall–Kier alpha value is -2.16. The third kappa shape index (κ3) is 4.92. The first-order valence-corrected chi connectivity index (χ1v) is 8.26. The smallest absolute Gasteiger partial charge is 0.296 e. The van der Waals surface area contributed by atoms with E-state index in [0.29, 0.717) is 16.6 Å². The van der Waals surface area contributed by atoms with Crippen LogP contribution >= 0.6 is 22.9 Å². The first-order chi connectivity index (χ1) is 11.4. The number of carbonyl (C=O) groups is 1. The number of methoxy groups -OCH3 is 1. The molecule has 1 aromatic heterocycles. The molecule has 128 valence electrons. The third-order valence-corrected chi connectivity index (χ3v) is 4.47. The maximum atomic E-state index is 12.1. The molecular formula is C15H17ClN3O4S+. The molecule has 0 radical (unpaired) electrons. The second-order valence-electron chi connectivity index (χ2n) is 5.20. The molecule has 2 N–H and O–H groups in total. The van der Waals surface area contributed by atoms with Crippen molar-refractivity contribution in [3.8, 4) is 5.75 Å². The van der Waals surface area contributed by atoms with E-state index in [2.05, 4.69) is 5.32 Å². The Labute approximate surface area is 147 Å². The second-order valence-corrected chi connectivity index (χ2v) is 7.00. The molecular weight excluding hydrogens is 354 g/mol. The van der Waals surface area contributed by atoms with Gasteiger partial charge < -0.3 is 15.0 Å². The molecule has 0 aliphatic rings. The van der Waals surface area contributed by atoms with Crippen molar-refractivity contribution in [2.75, 3.05) is 26.0 Å². The number of carbonyl (C=O) groups excluding carboxylic acids is 1. The molecule has 1 atom stereocenters. The lowest BCUT2D eigenvalue weighted by molar-refractivity contribution is -0.884. The van der Waals surface area contributed by atoms with E-state index in [1.54, 1.807) is 6.07 Å². The number of thiophene rings is 1. The van der Waals surface area contributed by atoms with Crippen LogP contribution in [0.25, 0.3) is 0 Å². The predicted molar refractivity (Wildman–Crippen MR) is 93.1 cm³/mol. The van der Waals surface area contributed by atoms with Crippen molar-refractivity contribution in [2.45, 2.75) is 6.54 Å². The monoisotopic (exact) mass is 370 g/mol. The Kier molecular flexibility index (Phi) is 6.13. The van der Waals surface area contributed by atoms with Crippen molar-refractivity contribution in [3.63, 3.8) is 0 Å². The summed E-state index contributed by atoms with van der Waals surface area (Å²) in [4.78, 5) is 24.7. The number of quaternary nitrogens is 1. The summed E-state index contributed by atoms with van der Waals surface area (Å²) in [5, 5.41) is 13.7. The van der Waals surface area contributed by atoms with E-state index in [1.807, 2.05) is 19.2 Å². The molecule has 24 heavy (non-hydrogen) atoms. The van der Waals surface area contributed by atoms with Crippen LogP contribution < -0.4 is 15.0 Å². The van der Waals surface area contributed by atoms with Gasteiger partial charge in [-0.25, -0.2) is 0 Å². The highest BCUT2D eigenvalue weighted by Crippen LogP contribution is 2.28.